The van der Waals surface area contributed by atoms with E-state index in [-0.39, 0.29) is 5.04 Å². The Morgan fingerprint density at radius 2 is 1.77 bits per heavy atom. The van der Waals surface area contributed by atoms with Gasteiger partial charge in [0.1, 0.15) is 11.5 Å². The SMILES string of the molecule is COc1c[c]c(C2CCc3cc(O[Si](C)(C)C(C)(C)C)ccc3C2)cc1. The van der Waals surface area contributed by atoms with Crippen molar-refractivity contribution in [1.82, 2.24) is 0 Å². The van der Waals surface area contributed by atoms with Gasteiger partial charge in [-0.3, -0.25) is 0 Å². The maximum absolute atomic E-state index is 6.49. The Balaban J connectivity index is 1.75. The Labute approximate surface area is 159 Å². The molecule has 0 fully saturated rings. The zero-order valence-electron chi connectivity index (χ0n) is 17.0. The number of hydrogen-bond acceptors (Lipinski definition) is 2. The van der Waals surface area contributed by atoms with Crippen molar-refractivity contribution in [2.75, 3.05) is 7.11 Å². The van der Waals surface area contributed by atoms with Crippen molar-refractivity contribution in [2.24, 2.45) is 0 Å². The summed E-state index contributed by atoms with van der Waals surface area (Å²) < 4.78 is 11.7. The van der Waals surface area contributed by atoms with E-state index in [4.69, 9.17) is 9.16 Å². The molecule has 1 aliphatic carbocycles. The van der Waals surface area contributed by atoms with Crippen molar-refractivity contribution in [1.29, 1.82) is 0 Å². The number of methoxy groups -OCH3 is 1. The van der Waals surface area contributed by atoms with Gasteiger partial charge in [0.15, 0.2) is 0 Å². The molecule has 139 valence electrons. The van der Waals surface area contributed by atoms with Crippen LogP contribution in [0.3, 0.4) is 0 Å². The van der Waals surface area contributed by atoms with E-state index in [1.165, 1.54) is 23.1 Å². The van der Waals surface area contributed by atoms with Gasteiger partial charge in [-0.2, -0.15) is 0 Å². The predicted molar refractivity (Wildman–Crippen MR) is 111 cm³/mol. The van der Waals surface area contributed by atoms with Gasteiger partial charge in [-0.05, 0) is 90.3 Å². The molecule has 0 heterocycles. The second-order valence-electron chi connectivity index (χ2n) is 8.92. The molecule has 0 bridgehead atoms. The summed E-state index contributed by atoms with van der Waals surface area (Å²) in [5, 5.41) is 0.220. The van der Waals surface area contributed by atoms with Crippen LogP contribution in [0.5, 0.6) is 11.5 Å². The van der Waals surface area contributed by atoms with Crippen LogP contribution in [0.4, 0.5) is 0 Å². The van der Waals surface area contributed by atoms with E-state index in [0.29, 0.717) is 5.92 Å². The Morgan fingerprint density at radius 1 is 1.04 bits per heavy atom. The minimum Gasteiger partial charge on any atom is -0.543 e. The fourth-order valence-corrected chi connectivity index (χ4v) is 4.33. The molecule has 0 saturated carbocycles. The summed E-state index contributed by atoms with van der Waals surface area (Å²) in [6, 6.07) is 16.3. The third-order valence-corrected chi connectivity index (χ3v) is 10.4. The summed E-state index contributed by atoms with van der Waals surface area (Å²) in [6.45, 7) is 11.5. The van der Waals surface area contributed by atoms with Gasteiger partial charge >= 0.3 is 0 Å². The fraction of sp³-hybridized carbons (Fsp3) is 0.478. The van der Waals surface area contributed by atoms with E-state index in [9.17, 15) is 0 Å². The van der Waals surface area contributed by atoms with Crippen LogP contribution >= 0.6 is 0 Å². The lowest BCUT2D eigenvalue weighted by molar-refractivity contribution is 0.414. The summed E-state index contributed by atoms with van der Waals surface area (Å²) in [5.74, 6) is 2.46. The van der Waals surface area contributed by atoms with Crippen molar-refractivity contribution in [3.05, 3.63) is 59.2 Å². The molecule has 2 aromatic carbocycles. The highest BCUT2D eigenvalue weighted by Crippen LogP contribution is 2.39. The maximum Gasteiger partial charge on any atom is 0.250 e. The fourth-order valence-electron chi connectivity index (χ4n) is 3.31. The smallest absolute Gasteiger partial charge is 0.250 e. The molecule has 2 aromatic rings. The van der Waals surface area contributed by atoms with Crippen LogP contribution < -0.4 is 9.16 Å². The lowest BCUT2D eigenvalue weighted by Crippen LogP contribution is -2.43. The summed E-state index contributed by atoms with van der Waals surface area (Å²) in [6.07, 6.45) is 3.35. The summed E-state index contributed by atoms with van der Waals surface area (Å²) in [4.78, 5) is 0. The minimum absolute atomic E-state index is 0.220. The average molecular weight is 368 g/mol. The molecule has 1 aliphatic rings. The van der Waals surface area contributed by atoms with Crippen LogP contribution in [0.25, 0.3) is 0 Å². The Bertz CT molecular complexity index is 757. The van der Waals surface area contributed by atoms with Gasteiger partial charge in [0.25, 0.3) is 0 Å². The molecule has 1 atom stereocenters. The zero-order chi connectivity index (χ0) is 18.9. The van der Waals surface area contributed by atoms with Crippen molar-refractivity contribution >= 4 is 8.32 Å². The van der Waals surface area contributed by atoms with Crippen molar-refractivity contribution in [3.63, 3.8) is 0 Å². The second-order valence-corrected chi connectivity index (χ2v) is 13.6. The van der Waals surface area contributed by atoms with E-state index >= 15 is 0 Å². The molecule has 0 N–H and O–H groups in total. The molecule has 0 amide bonds. The third kappa shape index (κ3) is 3.98. The highest BCUT2D eigenvalue weighted by atomic mass is 28.4. The van der Waals surface area contributed by atoms with Crippen LogP contribution in [-0.2, 0) is 12.8 Å². The van der Waals surface area contributed by atoms with E-state index in [0.717, 1.165) is 24.3 Å². The predicted octanol–water partition coefficient (Wildman–Crippen LogP) is 6.15. The monoisotopic (exact) mass is 367 g/mol. The average Bonchev–Trinajstić information content (AvgIpc) is 2.60. The molecule has 1 radical (unpaired) electrons. The third-order valence-electron chi connectivity index (χ3n) is 6.07. The van der Waals surface area contributed by atoms with Gasteiger partial charge in [0, 0.05) is 0 Å². The molecular weight excluding hydrogens is 336 g/mol. The van der Waals surface area contributed by atoms with Gasteiger partial charge in [0.2, 0.25) is 8.32 Å². The molecule has 26 heavy (non-hydrogen) atoms. The van der Waals surface area contributed by atoms with E-state index in [1.54, 1.807) is 7.11 Å². The number of aryl methyl sites for hydroxylation is 1. The standard InChI is InChI=1S/C23H31O2Si/c1-23(2,3)26(5,6)25-22-14-11-19-15-18(7-8-20(19)16-22)17-9-12-21(24-4)13-10-17/h9,11-14,16,18H,7-8,15H2,1-6H3. The number of benzene rings is 2. The topological polar surface area (TPSA) is 18.5 Å². The van der Waals surface area contributed by atoms with Crippen molar-refractivity contribution < 1.29 is 9.16 Å². The molecule has 3 heteroatoms. The van der Waals surface area contributed by atoms with Gasteiger partial charge < -0.3 is 9.16 Å². The van der Waals surface area contributed by atoms with Crippen molar-refractivity contribution in [3.8, 4) is 11.5 Å². The van der Waals surface area contributed by atoms with Crippen LogP contribution in [0, 0.1) is 6.07 Å². The molecule has 3 rings (SSSR count). The second kappa shape index (κ2) is 7.11. The molecule has 0 aliphatic heterocycles. The number of fused-ring (bicyclic) bond motifs is 1. The highest BCUT2D eigenvalue weighted by Gasteiger charge is 2.39. The van der Waals surface area contributed by atoms with Gasteiger partial charge in [-0.25, -0.2) is 0 Å². The molecular formula is C23H31O2Si. The molecule has 0 spiro atoms. The molecule has 0 aromatic heterocycles. The zero-order valence-corrected chi connectivity index (χ0v) is 18.0. The van der Waals surface area contributed by atoms with E-state index in [2.05, 4.69) is 64.2 Å². The molecule has 2 nitrogen and oxygen atoms in total. The highest BCUT2D eigenvalue weighted by molar-refractivity contribution is 6.74. The largest absolute Gasteiger partial charge is 0.543 e. The quantitative estimate of drug-likeness (QED) is 0.603. The van der Waals surface area contributed by atoms with Crippen LogP contribution in [0.1, 0.15) is 49.8 Å². The molecule has 1 unspecified atom stereocenters. The number of ether oxygens (including phenoxy) is 1. The Hall–Kier alpha value is -1.74. The first-order chi connectivity index (χ1) is 12.2. The van der Waals surface area contributed by atoms with E-state index in [1.807, 2.05) is 12.1 Å². The summed E-state index contributed by atoms with van der Waals surface area (Å²) >= 11 is 0. The maximum atomic E-state index is 6.49. The van der Waals surface area contributed by atoms with Crippen LogP contribution in [0.15, 0.2) is 36.4 Å². The van der Waals surface area contributed by atoms with Crippen molar-refractivity contribution in [2.45, 2.75) is 64.1 Å². The first-order valence-electron chi connectivity index (χ1n) is 9.56. The lowest BCUT2D eigenvalue weighted by Gasteiger charge is -2.37. The number of hydrogen-bond donors (Lipinski definition) is 0. The van der Waals surface area contributed by atoms with Gasteiger partial charge in [-0.1, -0.05) is 32.9 Å². The first kappa shape index (κ1) is 19.0. The summed E-state index contributed by atoms with van der Waals surface area (Å²) in [7, 11) is -0.0855. The van der Waals surface area contributed by atoms with Gasteiger partial charge in [-0.15, -0.1) is 0 Å². The first-order valence-corrected chi connectivity index (χ1v) is 12.5. The lowest BCUT2D eigenvalue weighted by atomic mass is 9.80. The van der Waals surface area contributed by atoms with Crippen LogP contribution in [0.2, 0.25) is 18.1 Å². The minimum atomic E-state index is -1.78. The summed E-state index contributed by atoms with van der Waals surface area (Å²) in [5.41, 5.74) is 4.19. The number of rotatable bonds is 4. The Morgan fingerprint density at radius 3 is 2.38 bits per heavy atom. The molecule has 0 saturated heterocycles. The van der Waals surface area contributed by atoms with Crippen LogP contribution in [-0.4, -0.2) is 15.4 Å². The Kier molecular flexibility index (Phi) is 5.20. The van der Waals surface area contributed by atoms with Gasteiger partial charge in [0.05, 0.1) is 7.11 Å². The van der Waals surface area contributed by atoms with E-state index < -0.39 is 8.32 Å². The normalized spacial score (nSPS) is 17.5.